The summed E-state index contributed by atoms with van der Waals surface area (Å²) in [4.78, 5) is 27.8. The summed E-state index contributed by atoms with van der Waals surface area (Å²) in [7, 11) is -3.55. The van der Waals surface area contributed by atoms with Gasteiger partial charge in [0.1, 0.15) is 11.8 Å². The maximum atomic E-state index is 13.3. The number of anilines is 1. The number of carbonyl (C=O) groups is 2. The van der Waals surface area contributed by atoms with Crippen LogP contribution in [-0.2, 0) is 26.0 Å². The Morgan fingerprint density at radius 1 is 0.973 bits per heavy atom. The first-order valence-electron chi connectivity index (χ1n) is 12.9. The molecular formula is C28H41N3O5S. The van der Waals surface area contributed by atoms with Crippen LogP contribution in [0, 0.1) is 0 Å². The van der Waals surface area contributed by atoms with Crippen LogP contribution in [0.3, 0.4) is 0 Å². The molecule has 1 N–H and O–H groups in total. The summed E-state index contributed by atoms with van der Waals surface area (Å²) in [6, 6.07) is 16.0. The van der Waals surface area contributed by atoms with Crippen molar-refractivity contribution in [1.82, 2.24) is 10.2 Å². The van der Waals surface area contributed by atoms with E-state index >= 15 is 0 Å². The molecule has 0 aliphatic rings. The molecular weight excluding hydrogens is 490 g/mol. The number of nitrogens with zero attached hydrogens (tertiary/aromatic N) is 2. The third-order valence-corrected chi connectivity index (χ3v) is 7.43. The zero-order valence-corrected chi connectivity index (χ0v) is 23.5. The number of hydrogen-bond donors (Lipinski definition) is 1. The van der Waals surface area contributed by atoms with Crippen molar-refractivity contribution in [3.63, 3.8) is 0 Å². The molecule has 0 radical (unpaired) electrons. The summed E-state index contributed by atoms with van der Waals surface area (Å²) in [5.41, 5.74) is 1.59. The van der Waals surface area contributed by atoms with E-state index in [-0.39, 0.29) is 30.8 Å². The molecule has 0 bridgehead atoms. The quantitative estimate of drug-likeness (QED) is 0.375. The highest BCUT2D eigenvalue weighted by molar-refractivity contribution is 7.92. The lowest BCUT2D eigenvalue weighted by Gasteiger charge is -2.30. The smallest absolute Gasteiger partial charge is 0.242 e. The average molecular weight is 532 g/mol. The van der Waals surface area contributed by atoms with E-state index in [1.807, 2.05) is 51.1 Å². The van der Waals surface area contributed by atoms with Crippen molar-refractivity contribution in [1.29, 1.82) is 0 Å². The van der Waals surface area contributed by atoms with E-state index in [0.717, 1.165) is 18.2 Å². The van der Waals surface area contributed by atoms with Crippen molar-refractivity contribution >= 4 is 27.5 Å². The van der Waals surface area contributed by atoms with Crippen LogP contribution in [-0.4, -0.2) is 63.2 Å². The predicted molar refractivity (Wildman–Crippen MR) is 148 cm³/mol. The van der Waals surface area contributed by atoms with Crippen LogP contribution in [0.1, 0.15) is 52.5 Å². The highest BCUT2D eigenvalue weighted by Crippen LogP contribution is 2.22. The van der Waals surface area contributed by atoms with Crippen LogP contribution in [0.5, 0.6) is 5.75 Å². The van der Waals surface area contributed by atoms with Crippen LogP contribution in [0.4, 0.5) is 5.69 Å². The van der Waals surface area contributed by atoms with E-state index in [4.69, 9.17) is 4.74 Å². The van der Waals surface area contributed by atoms with Gasteiger partial charge in [-0.25, -0.2) is 8.42 Å². The fraction of sp³-hybridized carbons (Fsp3) is 0.500. The Morgan fingerprint density at radius 3 is 2.19 bits per heavy atom. The van der Waals surface area contributed by atoms with Crippen LogP contribution in [0.2, 0.25) is 0 Å². The van der Waals surface area contributed by atoms with Gasteiger partial charge in [0.2, 0.25) is 21.8 Å². The minimum Gasteiger partial charge on any atom is -0.494 e. The van der Waals surface area contributed by atoms with Crippen molar-refractivity contribution in [2.24, 2.45) is 0 Å². The standard InChI is InChI=1S/C28H41N3O5S/c1-6-22(3)29-28(33)23(4)30(21-19-24-12-9-8-10-13-24)27(32)14-11-20-31(37(5,34)35)25-15-17-26(18-16-25)36-7-2/h8-10,12-13,15-18,22-23H,6-7,11,14,19-21H2,1-5H3,(H,29,33)/t22-,23-/m0/s1. The molecule has 0 aromatic heterocycles. The van der Waals surface area contributed by atoms with Crippen molar-refractivity contribution in [2.45, 2.75) is 65.5 Å². The number of hydrogen-bond acceptors (Lipinski definition) is 5. The number of sulfonamides is 1. The lowest BCUT2D eigenvalue weighted by atomic mass is 10.1. The molecule has 0 aliphatic heterocycles. The second-order valence-electron chi connectivity index (χ2n) is 9.18. The summed E-state index contributed by atoms with van der Waals surface area (Å²) >= 11 is 0. The zero-order chi connectivity index (χ0) is 27.4. The molecule has 0 unspecified atom stereocenters. The molecule has 2 aromatic rings. The number of ether oxygens (including phenoxy) is 1. The Morgan fingerprint density at radius 2 is 1.62 bits per heavy atom. The van der Waals surface area contributed by atoms with E-state index in [1.54, 1.807) is 36.1 Å². The van der Waals surface area contributed by atoms with E-state index in [2.05, 4.69) is 5.32 Å². The summed E-state index contributed by atoms with van der Waals surface area (Å²) in [5, 5.41) is 2.96. The highest BCUT2D eigenvalue weighted by atomic mass is 32.2. The van der Waals surface area contributed by atoms with Gasteiger partial charge >= 0.3 is 0 Å². The maximum absolute atomic E-state index is 13.3. The molecule has 8 nitrogen and oxygen atoms in total. The number of nitrogens with one attached hydrogen (secondary N) is 1. The first kappa shape index (κ1) is 30.2. The van der Waals surface area contributed by atoms with Gasteiger partial charge in [-0.15, -0.1) is 0 Å². The first-order valence-corrected chi connectivity index (χ1v) is 14.8. The molecule has 2 amide bonds. The molecule has 2 atom stereocenters. The number of benzene rings is 2. The van der Waals surface area contributed by atoms with Crippen LogP contribution in [0.25, 0.3) is 0 Å². The van der Waals surface area contributed by atoms with Gasteiger partial charge in [-0.05, 0) is 69.9 Å². The summed E-state index contributed by atoms with van der Waals surface area (Å²) in [5.74, 6) is 0.291. The summed E-state index contributed by atoms with van der Waals surface area (Å²) in [6.45, 7) is 8.61. The van der Waals surface area contributed by atoms with E-state index < -0.39 is 16.1 Å². The van der Waals surface area contributed by atoms with E-state index in [1.165, 1.54) is 4.31 Å². The maximum Gasteiger partial charge on any atom is 0.242 e. The Kier molecular flexibility index (Phi) is 11.9. The number of amides is 2. The van der Waals surface area contributed by atoms with Gasteiger partial charge in [0.05, 0.1) is 18.6 Å². The van der Waals surface area contributed by atoms with Gasteiger partial charge in [-0.2, -0.15) is 0 Å². The SMILES string of the molecule is CCOc1ccc(N(CCCC(=O)N(CCc2ccccc2)[C@@H](C)C(=O)N[C@@H](C)CC)S(C)(=O)=O)cc1. The van der Waals surface area contributed by atoms with Crippen molar-refractivity contribution in [2.75, 3.05) is 30.3 Å². The van der Waals surface area contributed by atoms with Crippen LogP contribution < -0.4 is 14.4 Å². The summed E-state index contributed by atoms with van der Waals surface area (Å²) < 4.78 is 31.7. The Hall–Kier alpha value is -3.07. The molecule has 204 valence electrons. The topological polar surface area (TPSA) is 96.0 Å². The van der Waals surface area contributed by atoms with Crippen molar-refractivity contribution in [3.05, 3.63) is 60.2 Å². The third kappa shape index (κ3) is 9.72. The molecule has 37 heavy (non-hydrogen) atoms. The lowest BCUT2D eigenvalue weighted by Crippen LogP contribution is -2.50. The largest absolute Gasteiger partial charge is 0.494 e. The molecule has 0 saturated carbocycles. The van der Waals surface area contributed by atoms with Crippen LogP contribution >= 0.6 is 0 Å². The van der Waals surface area contributed by atoms with Gasteiger partial charge in [0.25, 0.3) is 0 Å². The first-order chi connectivity index (χ1) is 17.6. The van der Waals surface area contributed by atoms with Gasteiger partial charge in [0.15, 0.2) is 0 Å². The number of carbonyl (C=O) groups excluding carboxylic acids is 2. The Balaban J connectivity index is 2.10. The van der Waals surface area contributed by atoms with E-state index in [0.29, 0.717) is 37.4 Å². The third-order valence-electron chi connectivity index (χ3n) is 6.24. The predicted octanol–water partition coefficient (Wildman–Crippen LogP) is 4.01. The molecule has 0 aliphatic carbocycles. The molecule has 0 saturated heterocycles. The highest BCUT2D eigenvalue weighted by Gasteiger charge is 2.27. The van der Waals surface area contributed by atoms with Gasteiger partial charge < -0.3 is 15.0 Å². The Bertz CT molecular complexity index is 1090. The minimum atomic E-state index is -3.55. The van der Waals surface area contributed by atoms with Crippen molar-refractivity contribution < 1.29 is 22.7 Å². The molecule has 9 heteroatoms. The normalized spacial score (nSPS) is 12.9. The average Bonchev–Trinajstić information content (AvgIpc) is 2.87. The van der Waals surface area contributed by atoms with E-state index in [9.17, 15) is 18.0 Å². The summed E-state index contributed by atoms with van der Waals surface area (Å²) in [6.07, 6.45) is 3.01. The fourth-order valence-corrected chi connectivity index (χ4v) is 4.88. The molecule has 2 aromatic carbocycles. The Labute approximate surface area is 222 Å². The van der Waals surface area contributed by atoms with Gasteiger partial charge in [0, 0.05) is 25.6 Å². The molecule has 0 spiro atoms. The minimum absolute atomic E-state index is 0.0125. The molecule has 0 fully saturated rings. The second kappa shape index (κ2) is 14.6. The molecule has 0 heterocycles. The van der Waals surface area contributed by atoms with Gasteiger partial charge in [-0.3, -0.25) is 13.9 Å². The molecule has 2 rings (SSSR count). The van der Waals surface area contributed by atoms with Crippen molar-refractivity contribution in [3.8, 4) is 5.75 Å². The lowest BCUT2D eigenvalue weighted by molar-refractivity contribution is -0.140. The fourth-order valence-electron chi connectivity index (χ4n) is 3.91. The zero-order valence-electron chi connectivity index (χ0n) is 22.6. The second-order valence-corrected chi connectivity index (χ2v) is 11.1. The number of rotatable bonds is 15. The monoisotopic (exact) mass is 531 g/mol. The van der Waals surface area contributed by atoms with Gasteiger partial charge in [-0.1, -0.05) is 37.3 Å². The van der Waals surface area contributed by atoms with Crippen LogP contribution in [0.15, 0.2) is 54.6 Å².